The van der Waals surface area contributed by atoms with E-state index in [0.717, 1.165) is 35.0 Å². The highest BCUT2D eigenvalue weighted by atomic mass is 16.2. The Labute approximate surface area is 157 Å². The molecule has 2 aliphatic rings. The summed E-state index contributed by atoms with van der Waals surface area (Å²) in [5.41, 5.74) is 2.88. The van der Waals surface area contributed by atoms with E-state index in [0.29, 0.717) is 25.3 Å². The highest BCUT2D eigenvalue weighted by Crippen LogP contribution is 2.33. The summed E-state index contributed by atoms with van der Waals surface area (Å²) in [6, 6.07) is 5.89. The van der Waals surface area contributed by atoms with Crippen molar-refractivity contribution in [2.45, 2.75) is 26.2 Å². The molecule has 2 N–H and O–H groups in total. The van der Waals surface area contributed by atoms with Gasteiger partial charge in [0.15, 0.2) is 0 Å². The molecule has 1 aliphatic carbocycles. The van der Waals surface area contributed by atoms with Gasteiger partial charge in [-0.3, -0.25) is 9.59 Å². The van der Waals surface area contributed by atoms with Gasteiger partial charge in [0.25, 0.3) is 0 Å². The number of anilines is 1. The highest BCUT2D eigenvalue weighted by molar-refractivity contribution is 5.97. The number of aromatic amines is 1. The average Bonchev–Trinajstić information content (AvgIpc) is 3.44. The molecule has 0 aromatic carbocycles. The molecular formula is C20H21N5O2. The zero-order valence-corrected chi connectivity index (χ0v) is 15.2. The van der Waals surface area contributed by atoms with Crippen LogP contribution in [0.2, 0.25) is 0 Å². The summed E-state index contributed by atoms with van der Waals surface area (Å²) in [7, 11) is 0. The summed E-state index contributed by atoms with van der Waals surface area (Å²) < 4.78 is 0. The standard InChI is InChI=1S/C20H21N5O2/c1-12(11-21)20(27)25-8-5-13(6-9-25)16-10-17(24-19(26)14-2-3-14)23-18-15(16)4-7-22-18/h4-5,7,10,12,14H,2-3,6,8-9H2,1H3,(H2,22,23,24,26). The van der Waals surface area contributed by atoms with Crippen molar-refractivity contribution >= 4 is 34.2 Å². The molecular weight excluding hydrogens is 342 g/mol. The van der Waals surface area contributed by atoms with Gasteiger partial charge in [0, 0.05) is 30.6 Å². The number of amides is 2. The normalized spacial score (nSPS) is 17.9. The fourth-order valence-corrected chi connectivity index (χ4v) is 3.38. The van der Waals surface area contributed by atoms with E-state index in [4.69, 9.17) is 5.26 Å². The lowest BCUT2D eigenvalue weighted by molar-refractivity contribution is -0.132. The Balaban J connectivity index is 1.60. The third-order valence-electron chi connectivity index (χ3n) is 5.16. The maximum absolute atomic E-state index is 12.2. The van der Waals surface area contributed by atoms with Crippen LogP contribution in [0.1, 0.15) is 31.7 Å². The van der Waals surface area contributed by atoms with Crippen molar-refractivity contribution in [1.82, 2.24) is 14.9 Å². The van der Waals surface area contributed by atoms with Crippen LogP contribution in [0.25, 0.3) is 16.6 Å². The molecule has 2 aromatic heterocycles. The van der Waals surface area contributed by atoms with Crippen molar-refractivity contribution in [3.05, 3.63) is 30.0 Å². The molecule has 1 aliphatic heterocycles. The topological polar surface area (TPSA) is 102 Å². The molecule has 2 aromatic rings. The van der Waals surface area contributed by atoms with E-state index in [9.17, 15) is 9.59 Å². The number of rotatable bonds is 4. The van der Waals surface area contributed by atoms with E-state index >= 15 is 0 Å². The molecule has 0 radical (unpaired) electrons. The number of hydrogen-bond donors (Lipinski definition) is 2. The van der Waals surface area contributed by atoms with Gasteiger partial charge < -0.3 is 15.2 Å². The molecule has 1 atom stereocenters. The maximum atomic E-state index is 12.2. The Bertz CT molecular complexity index is 980. The van der Waals surface area contributed by atoms with Gasteiger partial charge in [-0.2, -0.15) is 5.26 Å². The minimum absolute atomic E-state index is 0.0271. The molecule has 2 amide bonds. The van der Waals surface area contributed by atoms with Gasteiger partial charge in [0.1, 0.15) is 17.4 Å². The maximum Gasteiger partial charge on any atom is 0.239 e. The summed E-state index contributed by atoms with van der Waals surface area (Å²) in [5.74, 6) is -0.0630. The van der Waals surface area contributed by atoms with E-state index in [2.05, 4.69) is 15.3 Å². The predicted octanol–water partition coefficient (Wildman–Crippen LogP) is 2.69. The van der Waals surface area contributed by atoms with Gasteiger partial charge in [-0.1, -0.05) is 6.08 Å². The molecule has 1 unspecified atom stereocenters. The average molecular weight is 363 g/mol. The van der Waals surface area contributed by atoms with Crippen LogP contribution < -0.4 is 5.32 Å². The molecule has 7 nitrogen and oxygen atoms in total. The Morgan fingerprint density at radius 3 is 2.93 bits per heavy atom. The summed E-state index contributed by atoms with van der Waals surface area (Å²) in [4.78, 5) is 33.6. The van der Waals surface area contributed by atoms with Crippen molar-refractivity contribution in [1.29, 1.82) is 5.26 Å². The second-order valence-electron chi connectivity index (χ2n) is 7.17. The number of fused-ring (bicyclic) bond motifs is 1. The molecule has 0 bridgehead atoms. The first kappa shape index (κ1) is 17.3. The van der Waals surface area contributed by atoms with Crippen LogP contribution in [-0.4, -0.2) is 39.8 Å². The highest BCUT2D eigenvalue weighted by Gasteiger charge is 2.30. The second kappa shape index (κ2) is 6.88. The number of aromatic nitrogens is 2. The van der Waals surface area contributed by atoms with E-state index in [-0.39, 0.29) is 17.7 Å². The van der Waals surface area contributed by atoms with Crippen LogP contribution in [0.4, 0.5) is 5.82 Å². The van der Waals surface area contributed by atoms with Crippen LogP contribution in [0.5, 0.6) is 0 Å². The first-order valence-corrected chi connectivity index (χ1v) is 9.23. The zero-order chi connectivity index (χ0) is 19.0. The monoisotopic (exact) mass is 363 g/mol. The minimum Gasteiger partial charge on any atom is -0.346 e. The smallest absolute Gasteiger partial charge is 0.239 e. The van der Waals surface area contributed by atoms with Crippen molar-refractivity contribution in [2.75, 3.05) is 18.4 Å². The fraction of sp³-hybridized carbons (Fsp3) is 0.400. The number of H-pyrrole nitrogens is 1. The quantitative estimate of drug-likeness (QED) is 0.872. The number of nitrogens with zero attached hydrogens (tertiary/aromatic N) is 3. The SMILES string of the molecule is CC(C#N)C(=O)N1CC=C(c2cc(NC(=O)C3CC3)nc3[nH]ccc23)CC1. The summed E-state index contributed by atoms with van der Waals surface area (Å²) in [6.07, 6.45) is 6.45. The lowest BCUT2D eigenvalue weighted by Gasteiger charge is -2.27. The molecule has 1 saturated carbocycles. The first-order chi connectivity index (χ1) is 13.1. The lowest BCUT2D eigenvalue weighted by atomic mass is 9.97. The van der Waals surface area contributed by atoms with E-state index in [1.165, 1.54) is 0 Å². The molecule has 1 fully saturated rings. The number of nitriles is 1. The summed E-state index contributed by atoms with van der Waals surface area (Å²) >= 11 is 0. The van der Waals surface area contributed by atoms with Gasteiger partial charge in [0.2, 0.25) is 11.8 Å². The number of hydrogen-bond acceptors (Lipinski definition) is 4. The largest absolute Gasteiger partial charge is 0.346 e. The third kappa shape index (κ3) is 3.43. The molecule has 27 heavy (non-hydrogen) atoms. The lowest BCUT2D eigenvalue weighted by Crippen LogP contribution is -2.37. The molecule has 0 spiro atoms. The predicted molar refractivity (Wildman–Crippen MR) is 101 cm³/mol. The van der Waals surface area contributed by atoms with Gasteiger partial charge >= 0.3 is 0 Å². The Hall–Kier alpha value is -3.14. The van der Waals surface area contributed by atoms with Crippen LogP contribution in [0, 0.1) is 23.2 Å². The van der Waals surface area contributed by atoms with E-state index in [1.807, 2.05) is 30.5 Å². The van der Waals surface area contributed by atoms with Crippen molar-refractivity contribution in [2.24, 2.45) is 11.8 Å². The Morgan fingerprint density at radius 2 is 2.26 bits per heavy atom. The first-order valence-electron chi connectivity index (χ1n) is 9.23. The van der Waals surface area contributed by atoms with Gasteiger partial charge in [-0.05, 0) is 49.5 Å². The van der Waals surface area contributed by atoms with Crippen LogP contribution in [-0.2, 0) is 9.59 Å². The summed E-state index contributed by atoms with van der Waals surface area (Å²) in [6.45, 7) is 2.69. The van der Waals surface area contributed by atoms with Crippen molar-refractivity contribution < 1.29 is 9.59 Å². The van der Waals surface area contributed by atoms with Crippen LogP contribution in [0.3, 0.4) is 0 Å². The number of carbonyl (C=O) groups excluding carboxylic acids is 2. The van der Waals surface area contributed by atoms with Gasteiger partial charge in [-0.25, -0.2) is 4.98 Å². The number of carbonyl (C=O) groups is 2. The van der Waals surface area contributed by atoms with Gasteiger partial charge in [0.05, 0.1) is 6.07 Å². The molecule has 7 heteroatoms. The Kier molecular flexibility index (Phi) is 4.40. The Morgan fingerprint density at radius 1 is 1.44 bits per heavy atom. The van der Waals surface area contributed by atoms with Crippen molar-refractivity contribution in [3.63, 3.8) is 0 Å². The van der Waals surface area contributed by atoms with Crippen molar-refractivity contribution in [3.8, 4) is 6.07 Å². The minimum atomic E-state index is -0.624. The third-order valence-corrected chi connectivity index (χ3v) is 5.16. The molecule has 138 valence electrons. The number of pyridine rings is 1. The van der Waals surface area contributed by atoms with E-state index < -0.39 is 5.92 Å². The fourth-order valence-electron chi connectivity index (χ4n) is 3.38. The molecule has 4 rings (SSSR count). The second-order valence-corrected chi connectivity index (χ2v) is 7.17. The van der Waals surface area contributed by atoms with Gasteiger partial charge in [-0.15, -0.1) is 0 Å². The molecule has 3 heterocycles. The summed E-state index contributed by atoms with van der Waals surface area (Å²) in [5, 5.41) is 12.9. The molecule has 0 saturated heterocycles. The zero-order valence-electron chi connectivity index (χ0n) is 15.2. The number of nitrogens with one attached hydrogen (secondary N) is 2. The van der Waals surface area contributed by atoms with E-state index in [1.54, 1.807) is 11.8 Å². The van der Waals surface area contributed by atoms with Crippen LogP contribution in [0.15, 0.2) is 24.4 Å². The van der Waals surface area contributed by atoms with Crippen LogP contribution >= 0.6 is 0 Å².